The molecule has 4 nitrogen and oxygen atoms in total. The Bertz CT molecular complexity index is 611. The third-order valence-corrected chi connectivity index (χ3v) is 5.01. The fourth-order valence-corrected chi connectivity index (χ4v) is 2.88. The van der Waals surface area contributed by atoms with Crippen molar-refractivity contribution in [3.8, 4) is 0 Å². The molecule has 2 saturated heterocycles. The molecule has 3 heterocycles. The number of halogens is 3. The number of hydrogen-bond donors (Lipinski definition) is 0. The smallest absolute Gasteiger partial charge is 0.399 e. The van der Waals surface area contributed by atoms with Crippen LogP contribution >= 0.6 is 0 Å². The molecule has 2 aliphatic heterocycles. The lowest BCUT2D eigenvalue weighted by Gasteiger charge is -2.32. The zero-order chi connectivity index (χ0) is 17.8. The van der Waals surface area contributed by atoms with Gasteiger partial charge in [0.1, 0.15) is 6.10 Å². The third-order valence-electron chi connectivity index (χ3n) is 5.01. The molecule has 0 aromatic carbocycles. The standard InChI is InChI=1S/C16H21BF3NO3/c1-14(2)15(3,4)24-17(23-14)10-8-11(16(18,19)20)13(21-9-10)12-6-5-7-22-12/h8-9,12H,5-7H2,1-4H3. The molecule has 0 spiro atoms. The van der Waals surface area contributed by atoms with E-state index < -0.39 is 36.2 Å². The maximum absolute atomic E-state index is 13.5. The van der Waals surface area contributed by atoms with Crippen molar-refractivity contribution in [2.45, 2.75) is 64.0 Å². The average molecular weight is 343 g/mol. The lowest BCUT2D eigenvalue weighted by atomic mass is 9.79. The molecule has 2 fully saturated rings. The van der Waals surface area contributed by atoms with Gasteiger partial charge in [0, 0.05) is 18.3 Å². The Morgan fingerprint density at radius 3 is 2.29 bits per heavy atom. The zero-order valence-corrected chi connectivity index (χ0v) is 14.2. The second kappa shape index (κ2) is 5.71. The number of alkyl halides is 3. The Balaban J connectivity index is 1.97. The van der Waals surface area contributed by atoms with Gasteiger partial charge in [0.05, 0.1) is 22.5 Å². The Hall–Kier alpha value is -1.12. The first-order chi connectivity index (χ1) is 11.0. The molecule has 24 heavy (non-hydrogen) atoms. The monoisotopic (exact) mass is 343 g/mol. The summed E-state index contributed by atoms with van der Waals surface area (Å²) in [5, 5.41) is 0. The van der Waals surface area contributed by atoms with Crippen LogP contribution in [0.15, 0.2) is 12.3 Å². The van der Waals surface area contributed by atoms with Gasteiger partial charge in [0.25, 0.3) is 0 Å². The van der Waals surface area contributed by atoms with E-state index in [0.717, 1.165) is 12.5 Å². The van der Waals surface area contributed by atoms with E-state index in [1.807, 2.05) is 27.7 Å². The molecular formula is C16H21BF3NO3. The van der Waals surface area contributed by atoms with Crippen molar-refractivity contribution in [2.24, 2.45) is 0 Å². The van der Waals surface area contributed by atoms with Crippen LogP contribution < -0.4 is 5.46 Å². The first-order valence-corrected chi connectivity index (χ1v) is 8.05. The Labute approximate surface area is 139 Å². The SMILES string of the molecule is CC1(C)OB(c2cnc(C3CCCO3)c(C(F)(F)F)c2)OC1(C)C. The van der Waals surface area contributed by atoms with Gasteiger partial charge in [-0.15, -0.1) is 0 Å². The summed E-state index contributed by atoms with van der Waals surface area (Å²) in [4.78, 5) is 4.06. The van der Waals surface area contributed by atoms with Gasteiger partial charge >= 0.3 is 13.3 Å². The van der Waals surface area contributed by atoms with E-state index in [-0.39, 0.29) is 11.2 Å². The maximum atomic E-state index is 13.5. The summed E-state index contributed by atoms with van der Waals surface area (Å²) in [5.74, 6) is 0. The van der Waals surface area contributed by atoms with Crippen LogP contribution in [0.1, 0.15) is 57.9 Å². The predicted octanol–water partition coefficient (Wildman–Crippen LogP) is 3.25. The molecule has 1 unspecified atom stereocenters. The molecule has 1 aromatic heterocycles. The summed E-state index contributed by atoms with van der Waals surface area (Å²) in [6, 6.07) is 1.08. The third kappa shape index (κ3) is 3.07. The Morgan fingerprint density at radius 2 is 1.79 bits per heavy atom. The minimum atomic E-state index is -4.51. The van der Waals surface area contributed by atoms with Crippen LogP contribution in [-0.4, -0.2) is 29.9 Å². The molecule has 132 valence electrons. The van der Waals surface area contributed by atoms with Gasteiger partial charge in [0.2, 0.25) is 0 Å². The lowest BCUT2D eigenvalue weighted by Crippen LogP contribution is -2.41. The second-order valence-electron chi connectivity index (χ2n) is 7.29. The van der Waals surface area contributed by atoms with Crippen molar-refractivity contribution in [2.75, 3.05) is 6.61 Å². The first-order valence-electron chi connectivity index (χ1n) is 8.05. The van der Waals surface area contributed by atoms with Crippen LogP contribution in [0.25, 0.3) is 0 Å². The average Bonchev–Trinajstić information content (AvgIpc) is 3.04. The Kier molecular flexibility index (Phi) is 4.21. The largest absolute Gasteiger partial charge is 0.496 e. The molecule has 0 amide bonds. The highest BCUT2D eigenvalue weighted by atomic mass is 19.4. The van der Waals surface area contributed by atoms with Crippen molar-refractivity contribution in [3.05, 3.63) is 23.5 Å². The van der Waals surface area contributed by atoms with Crippen LogP contribution in [-0.2, 0) is 20.2 Å². The van der Waals surface area contributed by atoms with E-state index in [4.69, 9.17) is 14.0 Å². The van der Waals surface area contributed by atoms with E-state index in [1.165, 1.54) is 6.20 Å². The minimum Gasteiger partial charge on any atom is -0.399 e. The van der Waals surface area contributed by atoms with Crippen LogP contribution in [0.4, 0.5) is 13.2 Å². The van der Waals surface area contributed by atoms with E-state index in [2.05, 4.69) is 4.98 Å². The highest BCUT2D eigenvalue weighted by Crippen LogP contribution is 2.39. The van der Waals surface area contributed by atoms with Gasteiger partial charge < -0.3 is 14.0 Å². The van der Waals surface area contributed by atoms with Crippen LogP contribution in [0.5, 0.6) is 0 Å². The fourth-order valence-electron chi connectivity index (χ4n) is 2.88. The van der Waals surface area contributed by atoms with E-state index >= 15 is 0 Å². The maximum Gasteiger partial charge on any atom is 0.496 e. The van der Waals surface area contributed by atoms with Gasteiger partial charge in [0.15, 0.2) is 0 Å². The molecule has 0 N–H and O–H groups in total. The number of rotatable bonds is 2. The van der Waals surface area contributed by atoms with Crippen molar-refractivity contribution < 1.29 is 27.2 Å². The molecule has 0 saturated carbocycles. The summed E-state index contributed by atoms with van der Waals surface area (Å²) >= 11 is 0. The van der Waals surface area contributed by atoms with Crippen molar-refractivity contribution >= 4 is 12.6 Å². The van der Waals surface area contributed by atoms with Gasteiger partial charge in [-0.1, -0.05) is 0 Å². The quantitative estimate of drug-likeness (QED) is 0.773. The fraction of sp³-hybridized carbons (Fsp3) is 0.688. The molecule has 3 rings (SSSR count). The molecular weight excluding hydrogens is 322 g/mol. The molecule has 1 aromatic rings. The first kappa shape index (κ1) is 17.7. The summed E-state index contributed by atoms with van der Waals surface area (Å²) in [6.07, 6.45) is -2.43. The minimum absolute atomic E-state index is 0.0553. The molecule has 2 aliphatic rings. The molecule has 0 aliphatic carbocycles. The van der Waals surface area contributed by atoms with Gasteiger partial charge in [-0.3, -0.25) is 4.98 Å². The van der Waals surface area contributed by atoms with Crippen LogP contribution in [0.3, 0.4) is 0 Å². The van der Waals surface area contributed by atoms with Gasteiger partial charge in [-0.25, -0.2) is 0 Å². The van der Waals surface area contributed by atoms with Crippen molar-refractivity contribution in [1.82, 2.24) is 4.98 Å². The molecule has 0 bridgehead atoms. The lowest BCUT2D eigenvalue weighted by molar-refractivity contribution is -0.139. The number of ether oxygens (including phenoxy) is 1. The summed E-state index contributed by atoms with van der Waals surface area (Å²) < 4.78 is 57.5. The van der Waals surface area contributed by atoms with E-state index in [1.54, 1.807) is 0 Å². The predicted molar refractivity (Wildman–Crippen MR) is 82.9 cm³/mol. The van der Waals surface area contributed by atoms with Crippen molar-refractivity contribution in [1.29, 1.82) is 0 Å². The molecule has 1 atom stereocenters. The number of pyridine rings is 1. The Morgan fingerprint density at radius 1 is 1.17 bits per heavy atom. The highest BCUT2D eigenvalue weighted by molar-refractivity contribution is 6.62. The molecule has 8 heteroatoms. The van der Waals surface area contributed by atoms with Crippen LogP contribution in [0, 0.1) is 0 Å². The summed E-state index contributed by atoms with van der Waals surface area (Å²) in [6.45, 7) is 7.87. The highest BCUT2D eigenvalue weighted by Gasteiger charge is 2.52. The second-order valence-corrected chi connectivity index (χ2v) is 7.29. The number of aromatic nitrogens is 1. The summed E-state index contributed by atoms with van der Waals surface area (Å²) in [5.41, 5.74) is -1.81. The van der Waals surface area contributed by atoms with Gasteiger partial charge in [-0.2, -0.15) is 13.2 Å². The van der Waals surface area contributed by atoms with Crippen molar-refractivity contribution in [3.63, 3.8) is 0 Å². The van der Waals surface area contributed by atoms with E-state index in [9.17, 15) is 13.2 Å². The van der Waals surface area contributed by atoms with Gasteiger partial charge in [-0.05, 0) is 46.6 Å². The normalized spacial score (nSPS) is 26.1. The van der Waals surface area contributed by atoms with Crippen LogP contribution in [0.2, 0.25) is 0 Å². The summed E-state index contributed by atoms with van der Waals surface area (Å²) in [7, 11) is -0.873. The zero-order valence-electron chi connectivity index (χ0n) is 14.2. The number of nitrogens with zero attached hydrogens (tertiary/aromatic N) is 1. The number of hydrogen-bond acceptors (Lipinski definition) is 4. The topological polar surface area (TPSA) is 40.6 Å². The molecule has 0 radical (unpaired) electrons. The van der Waals surface area contributed by atoms with E-state index in [0.29, 0.717) is 13.0 Å².